The van der Waals surface area contributed by atoms with E-state index in [2.05, 4.69) is 5.32 Å². The van der Waals surface area contributed by atoms with E-state index in [1.54, 1.807) is 21.6 Å². The number of carbonyl (C=O) groups excluding carboxylic acids is 2. The maximum Gasteiger partial charge on any atom is 0.262 e. The number of hydrogen-bond donors (Lipinski definition) is 1. The van der Waals surface area contributed by atoms with Gasteiger partial charge in [0.25, 0.3) is 5.56 Å². The van der Waals surface area contributed by atoms with Crippen molar-refractivity contribution in [3.05, 3.63) is 58.9 Å². The average molecular weight is 451 g/mol. The first-order valence-electron chi connectivity index (χ1n) is 10.8. The van der Waals surface area contributed by atoms with Crippen LogP contribution in [-0.4, -0.2) is 33.2 Å². The van der Waals surface area contributed by atoms with E-state index in [1.165, 1.54) is 11.8 Å². The summed E-state index contributed by atoms with van der Waals surface area (Å²) in [6, 6.07) is 14.3. The van der Waals surface area contributed by atoms with Crippen LogP contribution >= 0.6 is 11.8 Å². The predicted molar refractivity (Wildman–Crippen MR) is 128 cm³/mol. The molecule has 1 aliphatic rings. The summed E-state index contributed by atoms with van der Waals surface area (Å²) in [5, 5.41) is 3.97. The number of hydrogen-bond acceptors (Lipinski definition) is 5. The smallest absolute Gasteiger partial charge is 0.262 e. The third-order valence-corrected chi connectivity index (χ3v) is 6.70. The van der Waals surface area contributed by atoms with Gasteiger partial charge < -0.3 is 10.2 Å². The van der Waals surface area contributed by atoms with Gasteiger partial charge in [0.2, 0.25) is 11.8 Å². The van der Waals surface area contributed by atoms with E-state index in [4.69, 9.17) is 4.98 Å². The summed E-state index contributed by atoms with van der Waals surface area (Å²) in [5.74, 6) is -0.145. The fraction of sp³-hybridized carbons (Fsp3) is 0.333. The summed E-state index contributed by atoms with van der Waals surface area (Å²) in [7, 11) is 0. The van der Waals surface area contributed by atoms with Gasteiger partial charge in [0, 0.05) is 18.5 Å². The highest BCUT2D eigenvalue weighted by molar-refractivity contribution is 7.99. The molecule has 2 aromatic carbocycles. The first-order valence-corrected chi connectivity index (χ1v) is 11.7. The monoisotopic (exact) mass is 450 g/mol. The van der Waals surface area contributed by atoms with Crippen LogP contribution in [0.1, 0.15) is 39.7 Å². The normalized spacial score (nSPS) is 16.9. The van der Waals surface area contributed by atoms with Crippen LogP contribution in [0.25, 0.3) is 10.9 Å². The standard InChI is InChI=1S/C24H26N4O3S/c1-4-15(2)28-23(31)17-9-5-6-10-18(17)26-24(28)32-14-22(30)27-16(3)13-21(29)25-19-11-7-8-12-20(19)27/h5-12,15-16H,4,13-14H2,1-3H3,(H,25,29)/t15-,16+/m0/s1. The molecule has 0 aliphatic carbocycles. The van der Waals surface area contributed by atoms with E-state index in [0.29, 0.717) is 27.4 Å². The Kier molecular flexibility index (Phi) is 6.32. The molecule has 1 N–H and O–H groups in total. The Balaban J connectivity index is 1.67. The SMILES string of the molecule is CC[C@H](C)n1c(SCC(=O)N2c3ccccc3NC(=O)C[C@H]2C)nc2ccccc2c1=O. The molecule has 166 valence electrons. The molecular formula is C24H26N4O3S. The molecule has 2 heterocycles. The van der Waals surface area contributed by atoms with Crippen molar-refractivity contribution in [2.45, 2.75) is 50.9 Å². The van der Waals surface area contributed by atoms with Crippen molar-refractivity contribution in [2.24, 2.45) is 0 Å². The number of carbonyl (C=O) groups is 2. The molecule has 2 amide bonds. The molecule has 3 aromatic rings. The zero-order valence-electron chi connectivity index (χ0n) is 18.4. The minimum atomic E-state index is -0.284. The molecule has 32 heavy (non-hydrogen) atoms. The number of nitrogens with zero attached hydrogens (tertiary/aromatic N) is 3. The second kappa shape index (κ2) is 9.16. The second-order valence-electron chi connectivity index (χ2n) is 8.01. The van der Waals surface area contributed by atoms with Crippen molar-refractivity contribution in [1.29, 1.82) is 0 Å². The molecule has 1 aromatic heterocycles. The minimum Gasteiger partial charge on any atom is -0.324 e. The van der Waals surface area contributed by atoms with Crippen LogP contribution in [0.3, 0.4) is 0 Å². The zero-order valence-corrected chi connectivity index (χ0v) is 19.2. The van der Waals surface area contributed by atoms with E-state index >= 15 is 0 Å². The average Bonchev–Trinajstić information content (AvgIpc) is 2.91. The Hall–Kier alpha value is -3.13. The van der Waals surface area contributed by atoms with Gasteiger partial charge in [0.1, 0.15) is 0 Å². The fourth-order valence-electron chi connectivity index (χ4n) is 3.96. The summed E-state index contributed by atoms with van der Waals surface area (Å²) in [5.41, 5.74) is 1.83. The van der Waals surface area contributed by atoms with Gasteiger partial charge in [-0.25, -0.2) is 4.98 Å². The number of benzene rings is 2. The molecule has 0 unspecified atom stereocenters. The van der Waals surface area contributed by atoms with Crippen molar-refractivity contribution in [2.75, 3.05) is 16.0 Å². The van der Waals surface area contributed by atoms with Gasteiger partial charge in [-0.15, -0.1) is 0 Å². The number of para-hydroxylation sites is 3. The molecule has 7 nitrogen and oxygen atoms in total. The Morgan fingerprint density at radius 3 is 2.69 bits per heavy atom. The van der Waals surface area contributed by atoms with Gasteiger partial charge in [-0.3, -0.25) is 19.0 Å². The van der Waals surface area contributed by atoms with Crippen molar-refractivity contribution < 1.29 is 9.59 Å². The van der Waals surface area contributed by atoms with Gasteiger partial charge in [0.05, 0.1) is 28.0 Å². The van der Waals surface area contributed by atoms with Crippen LogP contribution in [-0.2, 0) is 9.59 Å². The summed E-state index contributed by atoms with van der Waals surface area (Å²) in [6.07, 6.45) is 0.989. The molecule has 4 rings (SSSR count). The van der Waals surface area contributed by atoms with Crippen LogP contribution in [0, 0.1) is 0 Å². The van der Waals surface area contributed by atoms with Crippen LogP contribution in [0.4, 0.5) is 11.4 Å². The molecule has 2 atom stereocenters. The van der Waals surface area contributed by atoms with E-state index in [1.807, 2.05) is 57.2 Å². The lowest BCUT2D eigenvalue weighted by atomic mass is 10.2. The van der Waals surface area contributed by atoms with Crippen molar-refractivity contribution in [1.82, 2.24) is 9.55 Å². The quantitative estimate of drug-likeness (QED) is 0.465. The Bertz CT molecular complexity index is 1240. The third kappa shape index (κ3) is 4.14. The molecular weight excluding hydrogens is 424 g/mol. The van der Waals surface area contributed by atoms with E-state index < -0.39 is 0 Å². The highest BCUT2D eigenvalue weighted by Gasteiger charge is 2.30. The molecule has 0 radical (unpaired) electrons. The van der Waals surface area contributed by atoms with Gasteiger partial charge >= 0.3 is 0 Å². The predicted octanol–water partition coefficient (Wildman–Crippen LogP) is 4.22. The number of thioether (sulfide) groups is 1. The lowest BCUT2D eigenvalue weighted by Gasteiger charge is -2.28. The largest absolute Gasteiger partial charge is 0.324 e. The summed E-state index contributed by atoms with van der Waals surface area (Å²) in [6.45, 7) is 5.87. The maximum absolute atomic E-state index is 13.4. The van der Waals surface area contributed by atoms with Crippen molar-refractivity contribution in [3.63, 3.8) is 0 Å². The second-order valence-corrected chi connectivity index (χ2v) is 8.96. The zero-order chi connectivity index (χ0) is 22.8. The molecule has 8 heteroatoms. The Labute approximate surface area is 190 Å². The van der Waals surface area contributed by atoms with Crippen LogP contribution in [0.2, 0.25) is 0 Å². The van der Waals surface area contributed by atoms with Gasteiger partial charge in [-0.1, -0.05) is 43.0 Å². The van der Waals surface area contributed by atoms with Crippen molar-refractivity contribution in [3.8, 4) is 0 Å². The number of nitrogens with one attached hydrogen (secondary N) is 1. The minimum absolute atomic E-state index is 0.0446. The number of amides is 2. The lowest BCUT2D eigenvalue weighted by molar-refractivity contribution is -0.117. The van der Waals surface area contributed by atoms with Gasteiger partial charge in [0.15, 0.2) is 5.16 Å². The lowest BCUT2D eigenvalue weighted by Crippen LogP contribution is -2.40. The van der Waals surface area contributed by atoms with Crippen LogP contribution in [0.15, 0.2) is 58.5 Å². The summed E-state index contributed by atoms with van der Waals surface area (Å²) < 4.78 is 1.69. The Morgan fingerprint density at radius 1 is 1.19 bits per heavy atom. The third-order valence-electron chi connectivity index (χ3n) is 5.76. The number of aromatic nitrogens is 2. The van der Waals surface area contributed by atoms with Gasteiger partial charge in [-0.2, -0.15) is 0 Å². The van der Waals surface area contributed by atoms with E-state index in [-0.39, 0.29) is 41.6 Å². The molecule has 1 aliphatic heterocycles. The first kappa shape index (κ1) is 22.1. The summed E-state index contributed by atoms with van der Waals surface area (Å²) >= 11 is 1.26. The van der Waals surface area contributed by atoms with E-state index in [9.17, 15) is 14.4 Å². The Morgan fingerprint density at radius 2 is 1.91 bits per heavy atom. The highest BCUT2D eigenvalue weighted by atomic mass is 32.2. The molecule has 0 saturated carbocycles. The number of rotatable bonds is 5. The highest BCUT2D eigenvalue weighted by Crippen LogP contribution is 2.32. The maximum atomic E-state index is 13.4. The molecule has 0 bridgehead atoms. The van der Waals surface area contributed by atoms with Crippen molar-refractivity contribution >= 4 is 45.9 Å². The van der Waals surface area contributed by atoms with Crippen LogP contribution in [0.5, 0.6) is 0 Å². The first-order chi connectivity index (χ1) is 15.4. The topological polar surface area (TPSA) is 84.3 Å². The summed E-state index contributed by atoms with van der Waals surface area (Å²) in [4.78, 5) is 45.1. The number of anilines is 2. The molecule has 0 fully saturated rings. The van der Waals surface area contributed by atoms with Gasteiger partial charge in [-0.05, 0) is 44.5 Å². The molecule has 0 saturated heterocycles. The fourth-order valence-corrected chi connectivity index (χ4v) is 4.92. The van der Waals surface area contributed by atoms with E-state index in [0.717, 1.165) is 6.42 Å². The van der Waals surface area contributed by atoms with Crippen LogP contribution < -0.4 is 15.8 Å². The number of fused-ring (bicyclic) bond motifs is 2. The molecule has 0 spiro atoms.